The van der Waals surface area contributed by atoms with Crippen LogP contribution in [-0.2, 0) is 0 Å². The first-order valence-electron chi connectivity index (χ1n) is 3.97. The molecule has 1 N–H and O–H groups in total. The van der Waals surface area contributed by atoms with E-state index in [1.807, 2.05) is 0 Å². The van der Waals surface area contributed by atoms with Crippen LogP contribution < -0.4 is 0 Å². The van der Waals surface area contributed by atoms with Crippen molar-refractivity contribution in [3.8, 4) is 0 Å². The second-order valence-electron chi connectivity index (χ2n) is 3.38. The standard InChI is InChI=1S/C8H15BrO/c1-7-4-2-3-5-8(7,10)6-9/h7,10H,2-6H2,1H3/t7-,8+/m0/s1. The van der Waals surface area contributed by atoms with Crippen LogP contribution in [0.25, 0.3) is 0 Å². The third-order valence-corrected chi connectivity index (χ3v) is 3.62. The van der Waals surface area contributed by atoms with Crippen LogP contribution >= 0.6 is 15.9 Å². The Morgan fingerprint density at radius 2 is 2.30 bits per heavy atom. The van der Waals surface area contributed by atoms with E-state index in [0.717, 1.165) is 11.8 Å². The average Bonchev–Trinajstić information content (AvgIpc) is 1.96. The SMILES string of the molecule is C[C@H]1CCCC[C@@]1(O)CBr. The molecule has 1 fully saturated rings. The van der Waals surface area contributed by atoms with Crippen LogP contribution in [0.1, 0.15) is 32.6 Å². The maximum absolute atomic E-state index is 9.90. The summed E-state index contributed by atoms with van der Waals surface area (Å²) in [5.74, 6) is 0.473. The number of aliphatic hydroxyl groups is 1. The van der Waals surface area contributed by atoms with Gasteiger partial charge in [-0.05, 0) is 18.8 Å². The Morgan fingerprint density at radius 3 is 2.70 bits per heavy atom. The van der Waals surface area contributed by atoms with Gasteiger partial charge in [-0.15, -0.1) is 0 Å². The molecule has 10 heavy (non-hydrogen) atoms. The van der Waals surface area contributed by atoms with Gasteiger partial charge >= 0.3 is 0 Å². The highest BCUT2D eigenvalue weighted by molar-refractivity contribution is 9.09. The fourth-order valence-electron chi connectivity index (χ4n) is 1.60. The van der Waals surface area contributed by atoms with Crippen LogP contribution in [0.2, 0.25) is 0 Å². The summed E-state index contributed by atoms with van der Waals surface area (Å²) in [5.41, 5.74) is -0.405. The topological polar surface area (TPSA) is 20.2 Å². The molecule has 0 bridgehead atoms. The molecule has 0 heterocycles. The van der Waals surface area contributed by atoms with E-state index in [0.29, 0.717) is 5.92 Å². The average molecular weight is 207 g/mol. The molecular formula is C8H15BrO. The lowest BCUT2D eigenvalue weighted by Crippen LogP contribution is -2.40. The Kier molecular flexibility index (Phi) is 2.75. The molecule has 2 atom stereocenters. The van der Waals surface area contributed by atoms with Crippen molar-refractivity contribution >= 4 is 15.9 Å². The molecule has 0 aromatic heterocycles. The first kappa shape index (κ1) is 8.54. The van der Waals surface area contributed by atoms with Crippen LogP contribution in [0.5, 0.6) is 0 Å². The molecule has 1 saturated carbocycles. The Labute approximate surface area is 70.9 Å². The van der Waals surface area contributed by atoms with Gasteiger partial charge in [-0.2, -0.15) is 0 Å². The van der Waals surface area contributed by atoms with Crippen LogP contribution in [0.15, 0.2) is 0 Å². The molecule has 0 unspecified atom stereocenters. The van der Waals surface area contributed by atoms with Gasteiger partial charge in [0.05, 0.1) is 5.60 Å². The van der Waals surface area contributed by atoms with Gasteiger partial charge in [0.2, 0.25) is 0 Å². The van der Waals surface area contributed by atoms with Gasteiger partial charge in [-0.25, -0.2) is 0 Å². The van der Waals surface area contributed by atoms with Crippen molar-refractivity contribution in [2.75, 3.05) is 5.33 Å². The van der Waals surface area contributed by atoms with E-state index in [9.17, 15) is 5.11 Å². The molecule has 1 aliphatic carbocycles. The zero-order chi connectivity index (χ0) is 7.61. The summed E-state index contributed by atoms with van der Waals surface area (Å²) < 4.78 is 0. The van der Waals surface area contributed by atoms with Crippen molar-refractivity contribution < 1.29 is 5.11 Å². The molecule has 2 heteroatoms. The largest absolute Gasteiger partial charge is 0.389 e. The zero-order valence-electron chi connectivity index (χ0n) is 6.44. The highest BCUT2D eigenvalue weighted by Gasteiger charge is 2.34. The normalized spacial score (nSPS) is 41.7. The van der Waals surface area contributed by atoms with Gasteiger partial charge < -0.3 is 5.11 Å². The molecular weight excluding hydrogens is 192 g/mol. The first-order valence-corrected chi connectivity index (χ1v) is 5.09. The van der Waals surface area contributed by atoms with E-state index < -0.39 is 5.60 Å². The number of hydrogen-bond acceptors (Lipinski definition) is 1. The lowest BCUT2D eigenvalue weighted by Gasteiger charge is -2.36. The van der Waals surface area contributed by atoms with Crippen molar-refractivity contribution in [1.29, 1.82) is 0 Å². The van der Waals surface area contributed by atoms with Crippen molar-refractivity contribution in [3.63, 3.8) is 0 Å². The van der Waals surface area contributed by atoms with E-state index in [1.54, 1.807) is 0 Å². The van der Waals surface area contributed by atoms with E-state index in [1.165, 1.54) is 19.3 Å². The summed E-state index contributed by atoms with van der Waals surface area (Å²) in [6.45, 7) is 2.14. The summed E-state index contributed by atoms with van der Waals surface area (Å²) in [5, 5.41) is 10.6. The van der Waals surface area contributed by atoms with Crippen molar-refractivity contribution in [2.24, 2.45) is 5.92 Å². The lowest BCUT2D eigenvalue weighted by molar-refractivity contribution is -0.0183. The second kappa shape index (κ2) is 3.22. The quantitative estimate of drug-likeness (QED) is 0.654. The predicted molar refractivity (Wildman–Crippen MR) is 46.4 cm³/mol. The Morgan fingerprint density at radius 1 is 1.60 bits per heavy atom. The lowest BCUT2D eigenvalue weighted by atomic mass is 9.78. The molecule has 1 rings (SSSR count). The highest BCUT2D eigenvalue weighted by atomic mass is 79.9. The summed E-state index contributed by atoms with van der Waals surface area (Å²) in [6, 6.07) is 0. The number of rotatable bonds is 1. The first-order chi connectivity index (χ1) is 4.69. The monoisotopic (exact) mass is 206 g/mol. The molecule has 0 aliphatic heterocycles. The van der Waals surface area contributed by atoms with Gasteiger partial charge in [-0.3, -0.25) is 0 Å². The summed E-state index contributed by atoms with van der Waals surface area (Å²) >= 11 is 3.36. The van der Waals surface area contributed by atoms with Gasteiger partial charge in [0.1, 0.15) is 0 Å². The zero-order valence-corrected chi connectivity index (χ0v) is 8.02. The van der Waals surface area contributed by atoms with E-state index in [-0.39, 0.29) is 0 Å². The number of halogens is 1. The highest BCUT2D eigenvalue weighted by Crippen LogP contribution is 2.34. The molecule has 0 spiro atoms. The van der Waals surface area contributed by atoms with E-state index >= 15 is 0 Å². The minimum Gasteiger partial charge on any atom is -0.389 e. The fraction of sp³-hybridized carbons (Fsp3) is 1.00. The minimum absolute atomic E-state index is 0.405. The Hall–Kier alpha value is 0.440. The van der Waals surface area contributed by atoms with Crippen LogP contribution in [-0.4, -0.2) is 16.0 Å². The molecule has 60 valence electrons. The second-order valence-corrected chi connectivity index (χ2v) is 3.94. The fourth-order valence-corrected chi connectivity index (χ4v) is 2.43. The van der Waals surface area contributed by atoms with Crippen molar-refractivity contribution in [2.45, 2.75) is 38.2 Å². The molecule has 0 amide bonds. The molecule has 1 nitrogen and oxygen atoms in total. The van der Waals surface area contributed by atoms with Crippen LogP contribution in [0, 0.1) is 5.92 Å². The van der Waals surface area contributed by atoms with Gasteiger partial charge in [0.25, 0.3) is 0 Å². The Bertz CT molecular complexity index is 116. The molecule has 0 aromatic carbocycles. The van der Waals surface area contributed by atoms with E-state index in [2.05, 4.69) is 22.9 Å². The maximum atomic E-state index is 9.90. The predicted octanol–water partition coefficient (Wildman–Crippen LogP) is 2.32. The smallest absolute Gasteiger partial charge is 0.0769 e. The van der Waals surface area contributed by atoms with Crippen molar-refractivity contribution in [1.82, 2.24) is 0 Å². The van der Waals surface area contributed by atoms with Crippen molar-refractivity contribution in [3.05, 3.63) is 0 Å². The van der Waals surface area contributed by atoms with Crippen LogP contribution in [0.3, 0.4) is 0 Å². The third kappa shape index (κ3) is 1.54. The molecule has 0 radical (unpaired) electrons. The third-order valence-electron chi connectivity index (χ3n) is 2.65. The van der Waals surface area contributed by atoms with Gasteiger partial charge in [0.15, 0.2) is 0 Å². The summed E-state index contributed by atoms with van der Waals surface area (Å²) in [7, 11) is 0. The van der Waals surface area contributed by atoms with Gasteiger partial charge in [-0.1, -0.05) is 35.7 Å². The van der Waals surface area contributed by atoms with Gasteiger partial charge in [0, 0.05) is 5.33 Å². The minimum atomic E-state index is -0.405. The van der Waals surface area contributed by atoms with Crippen LogP contribution in [0.4, 0.5) is 0 Å². The summed E-state index contributed by atoms with van der Waals surface area (Å²) in [4.78, 5) is 0. The number of hydrogen-bond donors (Lipinski definition) is 1. The Balaban J connectivity index is 2.54. The molecule has 1 aliphatic rings. The maximum Gasteiger partial charge on any atom is 0.0769 e. The molecule has 0 aromatic rings. The van der Waals surface area contributed by atoms with E-state index in [4.69, 9.17) is 0 Å². The number of alkyl halides is 1. The summed E-state index contributed by atoms with van der Waals surface area (Å²) in [6.07, 6.45) is 4.63. The molecule has 0 saturated heterocycles.